The lowest BCUT2D eigenvalue weighted by Gasteiger charge is -2.16. The molecule has 0 amide bonds. The second-order valence-electron chi connectivity index (χ2n) is 7.09. The van der Waals surface area contributed by atoms with Crippen LogP contribution in [0.4, 0.5) is 0 Å². The summed E-state index contributed by atoms with van der Waals surface area (Å²) in [6.07, 6.45) is 6.52. The minimum absolute atomic E-state index is 0.134. The summed E-state index contributed by atoms with van der Waals surface area (Å²) in [5.74, 6) is -0.811. The van der Waals surface area contributed by atoms with Crippen LogP contribution in [-0.2, 0) is 19.1 Å². The number of carbonyl (C=O) groups excluding carboxylic acids is 2. The van der Waals surface area contributed by atoms with Crippen LogP contribution in [0.25, 0.3) is 0 Å². The number of hydrogen-bond acceptors (Lipinski definition) is 5. The van der Waals surface area contributed by atoms with Gasteiger partial charge in [-0.25, -0.2) is 9.59 Å². The smallest absolute Gasteiger partial charge is 0.334 e. The Bertz CT molecular complexity index is 697. The lowest BCUT2D eigenvalue weighted by molar-refractivity contribution is -0.139. The Balaban J connectivity index is 1.91. The highest BCUT2D eigenvalue weighted by Gasteiger charge is 2.37. The molecule has 2 bridgehead atoms. The molecule has 4 atom stereocenters. The second-order valence-corrected chi connectivity index (χ2v) is 7.09. The van der Waals surface area contributed by atoms with E-state index >= 15 is 0 Å². The zero-order valence-electron chi connectivity index (χ0n) is 14.7. The monoisotopic (exact) mass is 344 g/mol. The SMILES string of the molecule is C=C1C(=O)O[C@H]2/C=C(\C)CC3C=C(CCC(O)/C(C)=C\C[C@H]12)C(=O)O3. The zero-order chi connectivity index (χ0) is 18.1. The van der Waals surface area contributed by atoms with Gasteiger partial charge in [0.15, 0.2) is 0 Å². The molecular formula is C20H24O5. The molecule has 0 spiro atoms. The van der Waals surface area contributed by atoms with Gasteiger partial charge in [0.05, 0.1) is 6.10 Å². The number of rotatable bonds is 0. The third-order valence-electron chi connectivity index (χ3n) is 5.14. The molecule has 1 aliphatic carbocycles. The summed E-state index contributed by atoms with van der Waals surface area (Å²) in [6.45, 7) is 7.67. The maximum atomic E-state index is 12.0. The number of hydrogen-bond donors (Lipinski definition) is 1. The molecule has 3 aliphatic rings. The maximum Gasteiger partial charge on any atom is 0.334 e. The van der Waals surface area contributed by atoms with Gasteiger partial charge in [-0.15, -0.1) is 0 Å². The van der Waals surface area contributed by atoms with E-state index in [1.54, 1.807) is 0 Å². The third-order valence-corrected chi connectivity index (χ3v) is 5.14. The van der Waals surface area contributed by atoms with Crippen LogP contribution in [0.3, 0.4) is 0 Å². The van der Waals surface area contributed by atoms with Crippen molar-refractivity contribution in [3.05, 3.63) is 47.1 Å². The fourth-order valence-corrected chi connectivity index (χ4v) is 3.52. The van der Waals surface area contributed by atoms with Crippen molar-refractivity contribution in [3.8, 4) is 0 Å². The van der Waals surface area contributed by atoms with E-state index in [0.717, 1.165) is 11.1 Å². The molecule has 2 unspecified atom stereocenters. The number of aliphatic hydroxyl groups is 1. The Morgan fingerprint density at radius 2 is 1.92 bits per heavy atom. The standard InChI is InChI=1S/C20H24O5/c1-11-8-15-10-14(20(23)24-15)5-7-17(21)12(2)4-6-16-13(3)19(22)25-18(16)9-11/h4,9-10,15-18,21H,3,5-8H2,1-2H3/b11-9+,12-4-/t15?,16-,17?,18+/m1/s1. The number of esters is 2. The number of allylic oxidation sites excluding steroid dienone is 1. The molecule has 0 aromatic heterocycles. The van der Waals surface area contributed by atoms with E-state index in [1.807, 2.05) is 32.1 Å². The summed E-state index contributed by atoms with van der Waals surface area (Å²) >= 11 is 0. The van der Waals surface area contributed by atoms with E-state index < -0.39 is 6.10 Å². The molecular weight excluding hydrogens is 320 g/mol. The van der Waals surface area contributed by atoms with Crippen molar-refractivity contribution in [3.63, 3.8) is 0 Å². The average molecular weight is 344 g/mol. The number of carbonyl (C=O) groups is 2. The van der Waals surface area contributed by atoms with Crippen LogP contribution in [0, 0.1) is 5.92 Å². The van der Waals surface area contributed by atoms with Gasteiger partial charge in [-0.1, -0.05) is 18.2 Å². The second kappa shape index (κ2) is 7.00. The van der Waals surface area contributed by atoms with Crippen LogP contribution >= 0.6 is 0 Å². The van der Waals surface area contributed by atoms with E-state index in [9.17, 15) is 14.7 Å². The Labute approximate surface area is 147 Å². The summed E-state index contributed by atoms with van der Waals surface area (Å²) in [4.78, 5) is 23.9. The van der Waals surface area contributed by atoms with Crippen molar-refractivity contribution < 1.29 is 24.2 Å². The Kier molecular flexibility index (Phi) is 4.95. The summed E-state index contributed by atoms with van der Waals surface area (Å²) in [7, 11) is 0. The van der Waals surface area contributed by atoms with Crippen molar-refractivity contribution in [2.24, 2.45) is 5.92 Å². The molecule has 25 heavy (non-hydrogen) atoms. The molecule has 0 saturated carbocycles. The highest BCUT2D eigenvalue weighted by molar-refractivity contribution is 5.91. The van der Waals surface area contributed by atoms with Crippen molar-refractivity contribution in [1.29, 1.82) is 0 Å². The van der Waals surface area contributed by atoms with Crippen molar-refractivity contribution >= 4 is 11.9 Å². The van der Waals surface area contributed by atoms with Crippen LogP contribution in [-0.4, -0.2) is 35.4 Å². The van der Waals surface area contributed by atoms with Crippen LogP contribution in [0.1, 0.15) is 39.5 Å². The van der Waals surface area contributed by atoms with E-state index in [1.165, 1.54) is 0 Å². The van der Waals surface area contributed by atoms with Gasteiger partial charge in [0.25, 0.3) is 0 Å². The van der Waals surface area contributed by atoms with Crippen molar-refractivity contribution in [1.82, 2.24) is 0 Å². The van der Waals surface area contributed by atoms with E-state index in [2.05, 4.69) is 6.58 Å². The minimum atomic E-state index is -0.627. The van der Waals surface area contributed by atoms with Crippen LogP contribution in [0.2, 0.25) is 0 Å². The Hall–Kier alpha value is -2.14. The highest BCUT2D eigenvalue weighted by Crippen LogP contribution is 2.33. The number of ether oxygens (including phenoxy) is 2. The fraction of sp³-hybridized carbons (Fsp3) is 0.500. The van der Waals surface area contributed by atoms with Crippen molar-refractivity contribution in [2.75, 3.05) is 0 Å². The zero-order valence-corrected chi connectivity index (χ0v) is 14.7. The predicted octanol–water partition coefficient (Wildman–Crippen LogP) is 2.76. The third kappa shape index (κ3) is 3.76. The lowest BCUT2D eigenvalue weighted by Crippen LogP contribution is -2.16. The van der Waals surface area contributed by atoms with Gasteiger partial charge in [-0.05, 0) is 50.8 Å². The first-order chi connectivity index (χ1) is 11.8. The Morgan fingerprint density at radius 1 is 1.16 bits per heavy atom. The molecule has 0 aromatic carbocycles. The molecule has 2 aliphatic heterocycles. The quantitative estimate of drug-likeness (QED) is 0.416. The van der Waals surface area contributed by atoms with Crippen LogP contribution < -0.4 is 0 Å². The number of fused-ring (bicyclic) bond motifs is 2. The first kappa shape index (κ1) is 17.7. The lowest BCUT2D eigenvalue weighted by atomic mass is 9.90. The topological polar surface area (TPSA) is 72.8 Å². The summed E-state index contributed by atoms with van der Waals surface area (Å²) < 4.78 is 10.8. The normalized spacial score (nSPS) is 37.7. The molecule has 2 heterocycles. The summed E-state index contributed by atoms with van der Waals surface area (Å²) in [5.41, 5.74) is 2.92. The molecule has 0 aromatic rings. The summed E-state index contributed by atoms with van der Waals surface area (Å²) in [5, 5.41) is 10.3. The van der Waals surface area contributed by atoms with Crippen LogP contribution in [0.15, 0.2) is 47.1 Å². The molecule has 1 N–H and O–H groups in total. The molecule has 5 nitrogen and oxygen atoms in total. The highest BCUT2D eigenvalue weighted by atomic mass is 16.6. The van der Waals surface area contributed by atoms with Gasteiger partial charge in [0, 0.05) is 23.5 Å². The van der Waals surface area contributed by atoms with Gasteiger partial charge in [-0.2, -0.15) is 0 Å². The Morgan fingerprint density at radius 3 is 2.68 bits per heavy atom. The summed E-state index contributed by atoms with van der Waals surface area (Å²) in [6, 6.07) is 0. The largest absolute Gasteiger partial charge is 0.454 e. The first-order valence-corrected chi connectivity index (χ1v) is 8.68. The van der Waals surface area contributed by atoms with Gasteiger partial charge in [0.1, 0.15) is 12.2 Å². The van der Waals surface area contributed by atoms with Gasteiger partial charge in [-0.3, -0.25) is 0 Å². The maximum absolute atomic E-state index is 12.0. The van der Waals surface area contributed by atoms with E-state index in [0.29, 0.717) is 36.8 Å². The van der Waals surface area contributed by atoms with Crippen molar-refractivity contribution in [2.45, 2.75) is 57.8 Å². The molecule has 3 rings (SSSR count). The van der Waals surface area contributed by atoms with E-state index in [-0.39, 0.29) is 30.1 Å². The fourth-order valence-electron chi connectivity index (χ4n) is 3.52. The number of aliphatic hydroxyl groups excluding tert-OH is 1. The average Bonchev–Trinajstić information content (AvgIpc) is 3.02. The molecule has 1 fully saturated rings. The van der Waals surface area contributed by atoms with Gasteiger partial charge in [0.2, 0.25) is 0 Å². The molecule has 1 saturated heterocycles. The molecule has 134 valence electrons. The minimum Gasteiger partial charge on any atom is -0.454 e. The van der Waals surface area contributed by atoms with Gasteiger partial charge >= 0.3 is 11.9 Å². The van der Waals surface area contributed by atoms with Crippen LogP contribution in [0.5, 0.6) is 0 Å². The molecule has 5 heteroatoms. The van der Waals surface area contributed by atoms with E-state index in [4.69, 9.17) is 9.47 Å². The molecule has 0 radical (unpaired) electrons. The first-order valence-electron chi connectivity index (χ1n) is 8.68. The predicted molar refractivity (Wildman–Crippen MR) is 92.5 cm³/mol. The van der Waals surface area contributed by atoms with Gasteiger partial charge < -0.3 is 14.6 Å².